The molecule has 0 bridgehead atoms. The molecule has 2 aromatic heterocycles. The van der Waals surface area contributed by atoms with E-state index < -0.39 is 6.09 Å². The molecule has 2 amide bonds. The van der Waals surface area contributed by atoms with Gasteiger partial charge in [0.25, 0.3) is 0 Å². The summed E-state index contributed by atoms with van der Waals surface area (Å²) in [5.41, 5.74) is 3.98. The number of carbonyl (C=O) groups is 2. The van der Waals surface area contributed by atoms with Gasteiger partial charge in [0.1, 0.15) is 6.61 Å². The van der Waals surface area contributed by atoms with Crippen molar-refractivity contribution in [1.82, 2.24) is 24.6 Å². The molecule has 0 saturated carbocycles. The van der Waals surface area contributed by atoms with E-state index in [1.165, 1.54) is 7.11 Å². The summed E-state index contributed by atoms with van der Waals surface area (Å²) in [5.74, 6) is 0.626. The molecule has 6 rings (SSSR count). The molecular formula is C30H33N7O5. The number of nitrogens with zero attached hydrogens (tertiary/aromatic N) is 6. The van der Waals surface area contributed by atoms with E-state index >= 15 is 0 Å². The summed E-state index contributed by atoms with van der Waals surface area (Å²) < 4.78 is 17.8. The lowest BCUT2D eigenvalue weighted by Crippen LogP contribution is -2.39. The number of amides is 2. The number of morpholine rings is 1. The number of rotatable bonds is 6. The van der Waals surface area contributed by atoms with Crippen molar-refractivity contribution in [2.75, 3.05) is 56.7 Å². The molecule has 12 nitrogen and oxygen atoms in total. The molecule has 0 atom stereocenters. The van der Waals surface area contributed by atoms with Crippen LogP contribution in [0.25, 0.3) is 22.3 Å². The fourth-order valence-corrected chi connectivity index (χ4v) is 5.29. The Morgan fingerprint density at radius 2 is 1.71 bits per heavy atom. The zero-order valence-corrected chi connectivity index (χ0v) is 23.4. The fraction of sp³-hybridized carbons (Fsp3) is 0.367. The van der Waals surface area contributed by atoms with E-state index in [0.29, 0.717) is 51.0 Å². The number of nitrogens with one attached hydrogen (secondary N) is 1. The average molecular weight is 572 g/mol. The third-order valence-electron chi connectivity index (χ3n) is 7.60. The van der Waals surface area contributed by atoms with Crippen molar-refractivity contribution in [3.63, 3.8) is 0 Å². The zero-order valence-electron chi connectivity index (χ0n) is 23.4. The maximum absolute atomic E-state index is 12.7. The molecule has 218 valence electrons. The van der Waals surface area contributed by atoms with Crippen molar-refractivity contribution in [2.24, 2.45) is 0 Å². The molecule has 0 aliphatic carbocycles. The highest BCUT2D eigenvalue weighted by molar-refractivity contribution is 5.92. The standard InChI is InChI=1S/C30H33N7O5/c1-40-29(38)32-23-9-7-22(8-10-23)26-25-19-31-37(27(25)34-28(33-26)35-15-17-41-18-16-35)24-11-13-36(14-12-24)30(39)42-20-21-5-3-2-4-6-21/h2-10,19,24H,11-18,20H2,1H3,(H,32,38). The van der Waals surface area contributed by atoms with Gasteiger partial charge < -0.3 is 24.0 Å². The second-order valence-electron chi connectivity index (χ2n) is 10.3. The first kappa shape index (κ1) is 27.5. The number of anilines is 2. The van der Waals surface area contributed by atoms with Crippen LogP contribution in [-0.2, 0) is 20.8 Å². The molecule has 42 heavy (non-hydrogen) atoms. The molecule has 0 radical (unpaired) electrons. The van der Waals surface area contributed by atoms with E-state index in [9.17, 15) is 9.59 Å². The van der Waals surface area contributed by atoms with Crippen molar-refractivity contribution in [3.8, 4) is 11.3 Å². The summed E-state index contributed by atoms with van der Waals surface area (Å²) in [6, 6.07) is 17.2. The smallest absolute Gasteiger partial charge is 0.411 e. The number of methoxy groups -OCH3 is 1. The van der Waals surface area contributed by atoms with Gasteiger partial charge in [0.15, 0.2) is 5.65 Å². The minimum absolute atomic E-state index is 0.0765. The number of hydrogen-bond acceptors (Lipinski definition) is 9. The molecule has 12 heteroatoms. The number of ether oxygens (including phenoxy) is 3. The van der Waals surface area contributed by atoms with Crippen LogP contribution in [-0.4, -0.2) is 83.3 Å². The Bertz CT molecular complexity index is 1530. The second kappa shape index (κ2) is 12.4. The maximum Gasteiger partial charge on any atom is 0.411 e. The van der Waals surface area contributed by atoms with Gasteiger partial charge in [-0.15, -0.1) is 0 Å². The maximum atomic E-state index is 12.7. The van der Waals surface area contributed by atoms with Crippen LogP contribution in [0.4, 0.5) is 21.2 Å². The van der Waals surface area contributed by atoms with Gasteiger partial charge in [0.05, 0.1) is 43.6 Å². The number of hydrogen-bond donors (Lipinski definition) is 1. The van der Waals surface area contributed by atoms with Gasteiger partial charge in [-0.3, -0.25) is 5.32 Å². The predicted octanol–water partition coefficient (Wildman–Crippen LogP) is 4.48. The lowest BCUT2D eigenvalue weighted by atomic mass is 10.1. The van der Waals surface area contributed by atoms with E-state index in [0.717, 1.165) is 40.7 Å². The first-order valence-electron chi connectivity index (χ1n) is 14.1. The topological polar surface area (TPSA) is 124 Å². The fourth-order valence-electron chi connectivity index (χ4n) is 5.29. The van der Waals surface area contributed by atoms with Crippen LogP contribution in [0, 0.1) is 0 Å². The molecule has 2 aliphatic heterocycles. The lowest BCUT2D eigenvalue weighted by molar-refractivity contribution is 0.0824. The molecular weight excluding hydrogens is 538 g/mol. The third-order valence-corrected chi connectivity index (χ3v) is 7.60. The minimum Gasteiger partial charge on any atom is -0.453 e. The van der Waals surface area contributed by atoms with Gasteiger partial charge in [-0.05, 0) is 30.5 Å². The number of piperidine rings is 1. The summed E-state index contributed by atoms with van der Waals surface area (Å²) in [7, 11) is 1.33. The summed E-state index contributed by atoms with van der Waals surface area (Å²) in [6.45, 7) is 4.03. The van der Waals surface area contributed by atoms with Gasteiger partial charge in [-0.2, -0.15) is 10.1 Å². The van der Waals surface area contributed by atoms with Crippen LogP contribution in [0.1, 0.15) is 24.4 Å². The van der Waals surface area contributed by atoms with E-state index in [-0.39, 0.29) is 18.7 Å². The Kier molecular flexibility index (Phi) is 8.13. The molecule has 4 aromatic rings. The van der Waals surface area contributed by atoms with Crippen LogP contribution >= 0.6 is 0 Å². The molecule has 2 saturated heterocycles. The molecule has 2 aliphatic rings. The molecule has 0 spiro atoms. The molecule has 2 fully saturated rings. The Labute approximate surface area is 243 Å². The van der Waals surface area contributed by atoms with E-state index in [1.807, 2.05) is 65.5 Å². The van der Waals surface area contributed by atoms with Gasteiger partial charge >= 0.3 is 12.2 Å². The minimum atomic E-state index is -0.529. The van der Waals surface area contributed by atoms with E-state index in [2.05, 4.69) is 10.2 Å². The molecule has 1 N–H and O–H groups in total. The van der Waals surface area contributed by atoms with Crippen molar-refractivity contribution in [2.45, 2.75) is 25.5 Å². The van der Waals surface area contributed by atoms with Crippen molar-refractivity contribution in [3.05, 3.63) is 66.4 Å². The Morgan fingerprint density at radius 1 is 0.976 bits per heavy atom. The highest BCUT2D eigenvalue weighted by Crippen LogP contribution is 2.33. The number of aromatic nitrogens is 4. The Morgan fingerprint density at radius 3 is 2.43 bits per heavy atom. The van der Waals surface area contributed by atoms with Crippen molar-refractivity contribution in [1.29, 1.82) is 0 Å². The second-order valence-corrected chi connectivity index (χ2v) is 10.3. The zero-order chi connectivity index (χ0) is 28.9. The van der Waals surface area contributed by atoms with Gasteiger partial charge in [0.2, 0.25) is 5.95 Å². The van der Waals surface area contributed by atoms with Crippen LogP contribution in [0.15, 0.2) is 60.8 Å². The number of likely N-dealkylation sites (tertiary alicyclic amines) is 1. The lowest BCUT2D eigenvalue weighted by Gasteiger charge is -2.31. The summed E-state index contributed by atoms with van der Waals surface area (Å²) >= 11 is 0. The molecule has 0 unspecified atom stereocenters. The van der Waals surface area contributed by atoms with Crippen LogP contribution in [0.3, 0.4) is 0 Å². The highest BCUT2D eigenvalue weighted by Gasteiger charge is 2.28. The molecule has 4 heterocycles. The van der Waals surface area contributed by atoms with Crippen LogP contribution < -0.4 is 10.2 Å². The largest absolute Gasteiger partial charge is 0.453 e. The quantitative estimate of drug-likeness (QED) is 0.357. The SMILES string of the molecule is COC(=O)Nc1ccc(-c2nc(N3CCOCC3)nc3c2cnn3C2CCN(C(=O)OCc3ccccc3)CC2)cc1. The highest BCUT2D eigenvalue weighted by atomic mass is 16.6. The predicted molar refractivity (Wildman–Crippen MR) is 156 cm³/mol. The third kappa shape index (κ3) is 5.98. The first-order chi connectivity index (χ1) is 20.6. The Balaban J connectivity index is 1.23. The summed E-state index contributed by atoms with van der Waals surface area (Å²) in [4.78, 5) is 38.2. The molecule has 2 aromatic carbocycles. The van der Waals surface area contributed by atoms with Crippen LogP contribution in [0.5, 0.6) is 0 Å². The monoisotopic (exact) mass is 571 g/mol. The van der Waals surface area contributed by atoms with Crippen molar-refractivity contribution >= 4 is 34.9 Å². The average Bonchev–Trinajstić information content (AvgIpc) is 3.48. The van der Waals surface area contributed by atoms with Gasteiger partial charge in [-0.1, -0.05) is 42.5 Å². The van der Waals surface area contributed by atoms with E-state index in [4.69, 9.17) is 29.3 Å². The number of benzene rings is 2. The summed E-state index contributed by atoms with van der Waals surface area (Å²) in [5, 5.41) is 8.28. The van der Waals surface area contributed by atoms with Gasteiger partial charge in [-0.25, -0.2) is 19.3 Å². The normalized spacial score (nSPS) is 15.9. The number of fused-ring (bicyclic) bond motifs is 1. The first-order valence-corrected chi connectivity index (χ1v) is 14.1. The van der Waals surface area contributed by atoms with Gasteiger partial charge in [0, 0.05) is 37.4 Å². The van der Waals surface area contributed by atoms with E-state index in [1.54, 1.807) is 4.90 Å². The Hall–Kier alpha value is -4.71. The van der Waals surface area contributed by atoms with Crippen molar-refractivity contribution < 1.29 is 23.8 Å². The number of carbonyl (C=O) groups excluding carboxylic acids is 2. The summed E-state index contributed by atoms with van der Waals surface area (Å²) in [6.07, 6.45) is 2.45. The van der Waals surface area contributed by atoms with Crippen LogP contribution in [0.2, 0.25) is 0 Å².